The Kier molecular flexibility index (Phi) is 9.69. The Morgan fingerprint density at radius 3 is 2.54 bits per heavy atom. The molecule has 1 heterocycles. The van der Waals surface area contributed by atoms with E-state index < -0.39 is 0 Å². The lowest BCUT2D eigenvalue weighted by Gasteiger charge is -2.32. The van der Waals surface area contributed by atoms with Crippen LogP contribution in [0.15, 0.2) is 17.4 Å². The van der Waals surface area contributed by atoms with Crippen LogP contribution in [0.25, 0.3) is 0 Å². The molecule has 0 radical (unpaired) electrons. The molecule has 138 valence electrons. The minimum atomic E-state index is 0. The number of rotatable bonds is 6. The number of hydrogen-bond acceptors (Lipinski definition) is 2. The predicted molar refractivity (Wildman–Crippen MR) is 112 cm³/mol. The Bertz CT molecular complexity index is 489. The lowest BCUT2D eigenvalue weighted by molar-refractivity contribution is 0.255. The van der Waals surface area contributed by atoms with Crippen LogP contribution in [-0.2, 0) is 6.54 Å². The minimum Gasteiger partial charge on any atom is -0.356 e. The van der Waals surface area contributed by atoms with Crippen LogP contribution in [0.5, 0.6) is 0 Å². The molecule has 0 spiro atoms. The number of guanidine groups is 1. The average Bonchev–Trinajstić information content (AvgIpc) is 2.90. The molecule has 1 fully saturated rings. The second kappa shape index (κ2) is 10.9. The minimum absolute atomic E-state index is 0. The van der Waals surface area contributed by atoms with Crippen molar-refractivity contribution in [2.45, 2.75) is 65.5 Å². The third-order valence-corrected chi connectivity index (χ3v) is 4.78. The van der Waals surface area contributed by atoms with Gasteiger partial charge in [0.15, 0.2) is 5.96 Å². The Balaban J connectivity index is 0.00000288. The number of aryl methyl sites for hydroxylation is 2. The summed E-state index contributed by atoms with van der Waals surface area (Å²) in [7, 11) is 1.86. The smallest absolute Gasteiger partial charge is 0.191 e. The van der Waals surface area contributed by atoms with E-state index in [4.69, 9.17) is 0 Å². The lowest BCUT2D eigenvalue weighted by atomic mass is 9.80. The maximum atomic E-state index is 4.37. The summed E-state index contributed by atoms with van der Waals surface area (Å²) in [4.78, 5) is 8.63. The zero-order valence-electron chi connectivity index (χ0n) is 15.6. The number of aromatic nitrogens is 2. The van der Waals surface area contributed by atoms with Gasteiger partial charge in [-0.15, -0.1) is 24.0 Å². The second-order valence-electron chi connectivity index (χ2n) is 7.13. The molecule has 1 aromatic heterocycles. The number of unbranched alkanes of at least 4 members (excludes halogenated alkanes) is 1. The summed E-state index contributed by atoms with van der Waals surface area (Å²) in [6.45, 7) is 8.77. The van der Waals surface area contributed by atoms with Crippen molar-refractivity contribution in [1.82, 2.24) is 20.2 Å². The first-order valence-corrected chi connectivity index (χ1v) is 9.03. The van der Waals surface area contributed by atoms with Crippen LogP contribution in [0.3, 0.4) is 0 Å². The molecular formula is C18H34IN5. The number of nitrogens with one attached hydrogen (secondary N) is 2. The topological polar surface area (TPSA) is 54.2 Å². The molecule has 0 aliphatic heterocycles. The second-order valence-corrected chi connectivity index (χ2v) is 7.13. The molecule has 2 atom stereocenters. The first-order chi connectivity index (χ1) is 11.1. The molecule has 1 aliphatic carbocycles. The molecule has 0 amide bonds. The van der Waals surface area contributed by atoms with Crippen LogP contribution in [0.1, 0.15) is 51.8 Å². The van der Waals surface area contributed by atoms with Gasteiger partial charge in [-0.3, -0.25) is 4.99 Å². The van der Waals surface area contributed by atoms with Crippen LogP contribution in [-0.4, -0.2) is 35.1 Å². The van der Waals surface area contributed by atoms with E-state index in [2.05, 4.69) is 52.1 Å². The van der Waals surface area contributed by atoms with Gasteiger partial charge >= 0.3 is 0 Å². The van der Waals surface area contributed by atoms with Gasteiger partial charge in [0.2, 0.25) is 0 Å². The van der Waals surface area contributed by atoms with Crippen LogP contribution in [0, 0.1) is 18.8 Å². The van der Waals surface area contributed by atoms with Crippen molar-refractivity contribution in [1.29, 1.82) is 0 Å². The van der Waals surface area contributed by atoms with Crippen molar-refractivity contribution in [3.8, 4) is 0 Å². The monoisotopic (exact) mass is 447 g/mol. The van der Waals surface area contributed by atoms with Gasteiger partial charge in [-0.2, -0.15) is 0 Å². The molecule has 0 bridgehead atoms. The molecule has 2 N–H and O–H groups in total. The van der Waals surface area contributed by atoms with E-state index in [-0.39, 0.29) is 24.0 Å². The fourth-order valence-corrected chi connectivity index (χ4v) is 3.71. The molecule has 1 aromatic rings. The van der Waals surface area contributed by atoms with Crippen molar-refractivity contribution >= 4 is 29.9 Å². The van der Waals surface area contributed by atoms with Gasteiger partial charge in [0.05, 0.1) is 0 Å². The quantitative estimate of drug-likeness (QED) is 0.304. The third kappa shape index (κ3) is 6.99. The van der Waals surface area contributed by atoms with E-state index in [1.807, 2.05) is 13.2 Å². The van der Waals surface area contributed by atoms with Crippen molar-refractivity contribution in [2.24, 2.45) is 16.8 Å². The highest BCUT2D eigenvalue weighted by Crippen LogP contribution is 2.28. The highest BCUT2D eigenvalue weighted by Gasteiger charge is 2.24. The molecule has 1 saturated carbocycles. The zero-order valence-corrected chi connectivity index (χ0v) is 17.9. The Morgan fingerprint density at radius 1 is 1.25 bits per heavy atom. The molecule has 6 heteroatoms. The number of hydrogen-bond donors (Lipinski definition) is 2. The fraction of sp³-hybridized carbons (Fsp3) is 0.778. The zero-order chi connectivity index (χ0) is 16.7. The summed E-state index contributed by atoms with van der Waals surface area (Å²) in [5.41, 5.74) is 0. The predicted octanol–water partition coefficient (Wildman–Crippen LogP) is 3.58. The van der Waals surface area contributed by atoms with E-state index in [0.29, 0.717) is 6.04 Å². The third-order valence-electron chi connectivity index (χ3n) is 4.78. The Labute approximate surface area is 164 Å². The number of halogens is 1. The highest BCUT2D eigenvalue weighted by atomic mass is 127. The summed E-state index contributed by atoms with van der Waals surface area (Å²) in [6.07, 6.45) is 10.1. The van der Waals surface area contributed by atoms with E-state index in [9.17, 15) is 0 Å². The summed E-state index contributed by atoms with van der Waals surface area (Å²) in [5.74, 6) is 3.67. The number of nitrogens with zero attached hydrogens (tertiary/aromatic N) is 3. The van der Waals surface area contributed by atoms with E-state index >= 15 is 0 Å². The molecule has 1 aliphatic rings. The van der Waals surface area contributed by atoms with Gasteiger partial charge < -0.3 is 15.2 Å². The molecule has 24 heavy (non-hydrogen) atoms. The van der Waals surface area contributed by atoms with E-state index in [0.717, 1.165) is 49.6 Å². The van der Waals surface area contributed by atoms with Crippen molar-refractivity contribution in [2.75, 3.05) is 13.6 Å². The van der Waals surface area contributed by atoms with Gasteiger partial charge in [0, 0.05) is 38.6 Å². The van der Waals surface area contributed by atoms with E-state index in [1.165, 1.54) is 19.3 Å². The standard InChI is InChI=1S/C18H33N5.HI/c1-14-11-15(2)13-17(12-14)22-18(19-4)21-7-5-6-9-23-10-8-20-16(23)3;/h8,10,14-15,17H,5-7,9,11-13H2,1-4H3,(H2,19,21,22);1H. The number of aliphatic imine (C=N–C) groups is 1. The summed E-state index contributed by atoms with van der Waals surface area (Å²) in [5, 5.41) is 7.06. The largest absolute Gasteiger partial charge is 0.356 e. The van der Waals surface area contributed by atoms with Crippen molar-refractivity contribution < 1.29 is 0 Å². The summed E-state index contributed by atoms with van der Waals surface area (Å²) in [6, 6.07) is 0.563. The maximum Gasteiger partial charge on any atom is 0.191 e. The molecule has 0 saturated heterocycles. The maximum absolute atomic E-state index is 4.37. The molecular weight excluding hydrogens is 413 g/mol. The van der Waals surface area contributed by atoms with Gasteiger partial charge in [-0.25, -0.2) is 4.98 Å². The first-order valence-electron chi connectivity index (χ1n) is 9.03. The summed E-state index contributed by atoms with van der Waals surface area (Å²) >= 11 is 0. The van der Waals surface area contributed by atoms with Crippen molar-refractivity contribution in [3.05, 3.63) is 18.2 Å². The molecule has 0 aromatic carbocycles. The van der Waals surface area contributed by atoms with Crippen molar-refractivity contribution in [3.63, 3.8) is 0 Å². The molecule has 2 unspecified atom stereocenters. The van der Waals surface area contributed by atoms with Gasteiger partial charge in [0.1, 0.15) is 5.82 Å². The van der Waals surface area contributed by atoms with Crippen LogP contribution in [0.4, 0.5) is 0 Å². The van der Waals surface area contributed by atoms with Crippen LogP contribution >= 0.6 is 24.0 Å². The first kappa shape index (κ1) is 21.3. The Hall–Kier alpha value is -0.790. The Morgan fingerprint density at radius 2 is 1.96 bits per heavy atom. The van der Waals surface area contributed by atoms with Crippen LogP contribution < -0.4 is 10.6 Å². The normalized spacial score (nSPS) is 24.3. The SMILES string of the molecule is CN=C(NCCCCn1ccnc1C)NC1CC(C)CC(C)C1.I. The average molecular weight is 447 g/mol. The van der Waals surface area contributed by atoms with Crippen LogP contribution in [0.2, 0.25) is 0 Å². The van der Waals surface area contributed by atoms with Gasteiger partial charge in [-0.05, 0) is 50.9 Å². The number of imidazole rings is 1. The van der Waals surface area contributed by atoms with E-state index in [1.54, 1.807) is 0 Å². The van der Waals surface area contributed by atoms with Gasteiger partial charge in [-0.1, -0.05) is 13.8 Å². The molecule has 5 nitrogen and oxygen atoms in total. The fourth-order valence-electron chi connectivity index (χ4n) is 3.71. The summed E-state index contributed by atoms with van der Waals surface area (Å²) < 4.78 is 2.21. The molecule has 2 rings (SSSR count). The highest BCUT2D eigenvalue weighted by molar-refractivity contribution is 14.0. The van der Waals surface area contributed by atoms with Gasteiger partial charge in [0.25, 0.3) is 0 Å². The lowest BCUT2D eigenvalue weighted by Crippen LogP contribution is -2.46.